The molecule has 0 aromatic rings. The van der Waals surface area contributed by atoms with Crippen LogP contribution in [0.3, 0.4) is 0 Å². The van der Waals surface area contributed by atoms with E-state index in [-0.39, 0.29) is 23.9 Å². The number of rotatable bonds is 4. The van der Waals surface area contributed by atoms with Crippen LogP contribution in [0.2, 0.25) is 0 Å². The van der Waals surface area contributed by atoms with Gasteiger partial charge in [0.2, 0.25) is 0 Å². The Balaban J connectivity index is 2.12. The van der Waals surface area contributed by atoms with Gasteiger partial charge in [0.25, 0.3) is 0 Å². The van der Waals surface area contributed by atoms with Crippen molar-refractivity contribution in [1.82, 2.24) is 0 Å². The summed E-state index contributed by atoms with van der Waals surface area (Å²) in [6.07, 6.45) is 9.89. The molecular formula is C15H20O4. The molecule has 0 spiro atoms. The Morgan fingerprint density at radius 1 is 1.68 bits per heavy atom. The standard InChI is InChI=1S/C15H20O4/c1-3-11-12-9-10(5-4-6-14(17)18)15(12,19-2)8-7-13(11)16/h1,5,11-13,16H,4,6-9H2,2H3,(H,17,18)/t11-,12-,13-,15+/m1/s1. The lowest BCUT2D eigenvalue weighted by Gasteiger charge is -2.57. The number of aliphatic hydroxyl groups excluding tert-OH is 1. The Morgan fingerprint density at radius 3 is 3.00 bits per heavy atom. The van der Waals surface area contributed by atoms with Crippen molar-refractivity contribution in [2.24, 2.45) is 11.8 Å². The largest absolute Gasteiger partial charge is 0.481 e. The molecule has 104 valence electrons. The fourth-order valence-corrected chi connectivity index (χ4v) is 3.49. The number of carboxylic acid groups (broad SMARTS) is 1. The van der Waals surface area contributed by atoms with Crippen LogP contribution >= 0.6 is 0 Å². The molecule has 0 unspecified atom stereocenters. The number of fused-ring (bicyclic) bond motifs is 1. The lowest BCUT2D eigenvalue weighted by Crippen LogP contribution is -2.59. The molecular weight excluding hydrogens is 244 g/mol. The predicted octanol–water partition coefficient (Wildman–Crippen LogP) is 1.59. The maximum absolute atomic E-state index is 10.5. The van der Waals surface area contributed by atoms with Gasteiger partial charge < -0.3 is 14.9 Å². The first-order valence-electron chi connectivity index (χ1n) is 6.66. The van der Waals surface area contributed by atoms with Crippen LogP contribution < -0.4 is 0 Å². The number of aliphatic carboxylic acids is 1. The summed E-state index contributed by atoms with van der Waals surface area (Å²) in [5, 5.41) is 18.6. The van der Waals surface area contributed by atoms with Gasteiger partial charge in [-0.3, -0.25) is 4.79 Å². The third kappa shape index (κ3) is 2.29. The van der Waals surface area contributed by atoms with Crippen molar-refractivity contribution < 1.29 is 19.7 Å². The van der Waals surface area contributed by atoms with Gasteiger partial charge in [-0.25, -0.2) is 0 Å². The van der Waals surface area contributed by atoms with Gasteiger partial charge in [-0.05, 0) is 31.3 Å². The summed E-state index contributed by atoms with van der Waals surface area (Å²) >= 11 is 0. The van der Waals surface area contributed by atoms with Crippen LogP contribution in [0.4, 0.5) is 0 Å². The molecule has 2 saturated carbocycles. The van der Waals surface area contributed by atoms with Crippen LogP contribution in [0.15, 0.2) is 11.6 Å². The molecule has 0 amide bonds. The van der Waals surface area contributed by atoms with Crippen molar-refractivity contribution >= 4 is 5.97 Å². The first kappa shape index (κ1) is 14.1. The second-order valence-corrected chi connectivity index (χ2v) is 5.36. The molecule has 0 saturated heterocycles. The predicted molar refractivity (Wildman–Crippen MR) is 70.4 cm³/mol. The molecule has 0 heterocycles. The van der Waals surface area contributed by atoms with Gasteiger partial charge in [-0.15, -0.1) is 12.3 Å². The molecule has 4 heteroatoms. The highest BCUT2D eigenvalue weighted by molar-refractivity contribution is 5.66. The maximum Gasteiger partial charge on any atom is 0.303 e. The zero-order chi connectivity index (χ0) is 14.0. The van der Waals surface area contributed by atoms with Crippen LogP contribution in [0.25, 0.3) is 0 Å². The van der Waals surface area contributed by atoms with Gasteiger partial charge in [0.1, 0.15) is 0 Å². The minimum atomic E-state index is -0.792. The number of ether oxygens (including phenoxy) is 1. The van der Waals surface area contributed by atoms with Crippen LogP contribution in [0.5, 0.6) is 0 Å². The zero-order valence-electron chi connectivity index (χ0n) is 11.1. The molecule has 2 N–H and O–H groups in total. The van der Waals surface area contributed by atoms with E-state index in [0.29, 0.717) is 12.8 Å². The number of allylic oxidation sites excluding steroid dienone is 1. The second-order valence-electron chi connectivity index (χ2n) is 5.36. The van der Waals surface area contributed by atoms with Crippen LogP contribution in [0.1, 0.15) is 32.1 Å². The smallest absolute Gasteiger partial charge is 0.303 e. The van der Waals surface area contributed by atoms with Crippen LogP contribution in [-0.4, -0.2) is 35.0 Å². The van der Waals surface area contributed by atoms with E-state index < -0.39 is 12.1 Å². The highest BCUT2D eigenvalue weighted by Gasteiger charge is 2.58. The van der Waals surface area contributed by atoms with E-state index in [2.05, 4.69) is 5.92 Å². The number of terminal acetylenes is 1. The van der Waals surface area contributed by atoms with Gasteiger partial charge >= 0.3 is 5.97 Å². The van der Waals surface area contributed by atoms with Crippen molar-refractivity contribution in [3.8, 4) is 12.3 Å². The molecule has 0 aromatic heterocycles. The van der Waals surface area contributed by atoms with E-state index in [9.17, 15) is 9.90 Å². The lowest BCUT2D eigenvalue weighted by molar-refractivity contribution is -0.139. The summed E-state index contributed by atoms with van der Waals surface area (Å²) in [5.74, 6) is 1.89. The Kier molecular flexibility index (Phi) is 3.98. The zero-order valence-corrected chi connectivity index (χ0v) is 11.1. The summed E-state index contributed by atoms with van der Waals surface area (Å²) in [6, 6.07) is 0. The Bertz CT molecular complexity index is 434. The molecule has 4 nitrogen and oxygen atoms in total. The number of hydrogen-bond acceptors (Lipinski definition) is 3. The Labute approximate surface area is 113 Å². The van der Waals surface area contributed by atoms with Crippen LogP contribution in [0, 0.1) is 24.2 Å². The van der Waals surface area contributed by atoms with Gasteiger partial charge in [-0.2, -0.15) is 0 Å². The summed E-state index contributed by atoms with van der Waals surface area (Å²) in [4.78, 5) is 10.5. The third-order valence-corrected chi connectivity index (χ3v) is 4.55. The fraction of sp³-hybridized carbons (Fsp3) is 0.667. The monoisotopic (exact) mass is 264 g/mol. The van der Waals surface area contributed by atoms with Crippen LogP contribution in [-0.2, 0) is 9.53 Å². The number of methoxy groups -OCH3 is 1. The van der Waals surface area contributed by atoms with E-state index in [1.165, 1.54) is 0 Å². The highest BCUT2D eigenvalue weighted by atomic mass is 16.5. The van der Waals surface area contributed by atoms with Crippen molar-refractivity contribution in [1.29, 1.82) is 0 Å². The fourth-order valence-electron chi connectivity index (χ4n) is 3.49. The Hall–Kier alpha value is -1.31. The highest BCUT2D eigenvalue weighted by Crippen LogP contribution is 2.56. The van der Waals surface area contributed by atoms with E-state index in [4.69, 9.17) is 16.3 Å². The summed E-state index contributed by atoms with van der Waals surface area (Å²) in [5.41, 5.74) is 0.780. The summed E-state index contributed by atoms with van der Waals surface area (Å²) in [6.45, 7) is 0. The summed E-state index contributed by atoms with van der Waals surface area (Å²) < 4.78 is 5.71. The number of carboxylic acids is 1. The van der Waals surface area contributed by atoms with E-state index in [1.54, 1.807) is 7.11 Å². The minimum Gasteiger partial charge on any atom is -0.481 e. The molecule has 2 rings (SSSR count). The first-order chi connectivity index (χ1) is 9.05. The quantitative estimate of drug-likeness (QED) is 0.597. The first-order valence-corrected chi connectivity index (χ1v) is 6.66. The molecule has 2 fully saturated rings. The average Bonchev–Trinajstić information content (AvgIpc) is 2.36. The Morgan fingerprint density at radius 2 is 2.42 bits per heavy atom. The molecule has 2 aliphatic rings. The SMILES string of the molecule is C#C[C@H]1[C@H](O)CC[C@]2(OC)C(=CCCC(=O)O)C[C@H]12. The van der Waals surface area contributed by atoms with E-state index >= 15 is 0 Å². The van der Waals surface area contributed by atoms with Crippen molar-refractivity contribution in [3.05, 3.63) is 11.6 Å². The minimum absolute atomic E-state index is 0.134. The molecule has 0 aromatic carbocycles. The topological polar surface area (TPSA) is 66.8 Å². The van der Waals surface area contributed by atoms with Gasteiger partial charge in [0.05, 0.1) is 17.6 Å². The number of aliphatic hydroxyl groups is 1. The van der Waals surface area contributed by atoms with E-state index in [1.807, 2.05) is 6.08 Å². The molecule has 0 radical (unpaired) electrons. The normalized spacial score (nSPS) is 39.2. The van der Waals surface area contributed by atoms with Gasteiger partial charge in [-0.1, -0.05) is 6.08 Å². The molecule has 2 aliphatic carbocycles. The summed E-state index contributed by atoms with van der Waals surface area (Å²) in [7, 11) is 1.67. The third-order valence-electron chi connectivity index (χ3n) is 4.55. The van der Waals surface area contributed by atoms with Gasteiger partial charge in [0.15, 0.2) is 0 Å². The second kappa shape index (κ2) is 5.36. The van der Waals surface area contributed by atoms with Crippen molar-refractivity contribution in [3.63, 3.8) is 0 Å². The van der Waals surface area contributed by atoms with Crippen molar-refractivity contribution in [2.75, 3.05) is 7.11 Å². The molecule has 19 heavy (non-hydrogen) atoms. The molecule has 0 bridgehead atoms. The maximum atomic E-state index is 10.5. The molecule has 0 aliphatic heterocycles. The lowest BCUT2D eigenvalue weighted by atomic mass is 9.53. The van der Waals surface area contributed by atoms with Crippen molar-refractivity contribution in [2.45, 2.75) is 43.8 Å². The van der Waals surface area contributed by atoms with E-state index in [0.717, 1.165) is 18.4 Å². The average molecular weight is 264 g/mol. The number of carbonyl (C=O) groups is 1. The number of hydrogen-bond donors (Lipinski definition) is 2. The van der Waals surface area contributed by atoms with Gasteiger partial charge in [0, 0.05) is 19.4 Å². The molecule has 4 atom stereocenters.